The molecule has 1 fully saturated rings. The maximum atomic E-state index is 12.4. The minimum absolute atomic E-state index is 0.0500. The summed E-state index contributed by atoms with van der Waals surface area (Å²) in [6.07, 6.45) is 7.55. The zero-order valence-corrected chi connectivity index (χ0v) is 15.5. The molecule has 0 bridgehead atoms. The lowest BCUT2D eigenvalue weighted by Gasteiger charge is -2.33. The molecule has 4 heterocycles. The van der Waals surface area contributed by atoms with Gasteiger partial charge in [0.15, 0.2) is 12.4 Å². The van der Waals surface area contributed by atoms with E-state index in [0.717, 1.165) is 48.3 Å². The second-order valence-electron chi connectivity index (χ2n) is 6.69. The second-order valence-corrected chi connectivity index (χ2v) is 7.10. The van der Waals surface area contributed by atoms with E-state index in [1.165, 1.54) is 18.5 Å². The summed E-state index contributed by atoms with van der Waals surface area (Å²) in [7, 11) is 0. The molecule has 1 aliphatic heterocycles. The van der Waals surface area contributed by atoms with Gasteiger partial charge < -0.3 is 20.4 Å². The Morgan fingerprint density at radius 3 is 2.93 bits per heavy atom. The number of piperidine rings is 1. The van der Waals surface area contributed by atoms with Crippen LogP contribution in [0.1, 0.15) is 28.8 Å². The number of nitrogens with zero attached hydrogens (tertiary/aromatic N) is 4. The number of hydrogen-bond acceptors (Lipinski definition) is 5. The summed E-state index contributed by atoms with van der Waals surface area (Å²) in [5, 5.41) is 15.4. The molecule has 1 amide bonds. The third kappa shape index (κ3) is 3.40. The Labute approximate surface area is 160 Å². The Kier molecular flexibility index (Phi) is 4.57. The number of hydrogen-bond donors (Lipinski definition) is 2. The highest BCUT2D eigenvalue weighted by atomic mass is 35.5. The Morgan fingerprint density at radius 2 is 2.19 bits per heavy atom. The predicted octanol–water partition coefficient (Wildman–Crippen LogP) is 1.95. The Morgan fingerprint density at radius 1 is 1.41 bits per heavy atom. The van der Waals surface area contributed by atoms with Gasteiger partial charge in [0, 0.05) is 31.4 Å². The number of pyridine rings is 1. The van der Waals surface area contributed by atoms with E-state index < -0.39 is 0 Å². The number of carbonyl (C=O) groups is 1. The lowest BCUT2D eigenvalue weighted by Crippen LogP contribution is -2.45. The van der Waals surface area contributed by atoms with Crippen molar-refractivity contribution in [2.24, 2.45) is 0 Å². The van der Waals surface area contributed by atoms with E-state index in [4.69, 9.17) is 11.6 Å². The number of carbonyl (C=O) groups excluding carboxylic acids is 1. The molecule has 3 aromatic rings. The van der Waals surface area contributed by atoms with E-state index in [-0.39, 0.29) is 17.0 Å². The van der Waals surface area contributed by atoms with Crippen molar-refractivity contribution in [2.45, 2.75) is 25.8 Å². The fourth-order valence-electron chi connectivity index (χ4n) is 3.47. The molecule has 140 valence electrons. The van der Waals surface area contributed by atoms with Crippen LogP contribution >= 0.6 is 11.6 Å². The van der Waals surface area contributed by atoms with Gasteiger partial charge in [0.1, 0.15) is 22.8 Å². The van der Waals surface area contributed by atoms with Gasteiger partial charge in [-0.1, -0.05) is 11.6 Å². The topological polar surface area (TPSA) is 101 Å². The highest BCUT2D eigenvalue weighted by molar-refractivity contribution is 6.33. The SMILES string of the molecule is Cc1c[nH]c2ncnc(N3CCC(NC(=O)c4cc[n+]([O-])cc4Cl)CC3)c12. The molecule has 0 aliphatic carbocycles. The molecule has 0 aromatic carbocycles. The summed E-state index contributed by atoms with van der Waals surface area (Å²) in [5.41, 5.74) is 2.26. The van der Waals surface area contributed by atoms with Crippen LogP contribution in [0.5, 0.6) is 0 Å². The molecule has 0 unspecified atom stereocenters. The van der Waals surface area contributed by atoms with Crippen molar-refractivity contribution in [2.75, 3.05) is 18.0 Å². The number of fused-ring (bicyclic) bond motifs is 1. The van der Waals surface area contributed by atoms with Gasteiger partial charge in [-0.3, -0.25) is 4.79 Å². The number of amides is 1. The first-order valence-corrected chi connectivity index (χ1v) is 9.13. The van der Waals surface area contributed by atoms with Gasteiger partial charge in [-0.25, -0.2) is 9.97 Å². The number of anilines is 1. The van der Waals surface area contributed by atoms with E-state index in [2.05, 4.69) is 25.2 Å². The van der Waals surface area contributed by atoms with Gasteiger partial charge in [0.05, 0.1) is 10.9 Å². The van der Waals surface area contributed by atoms with Crippen LogP contribution in [0.4, 0.5) is 5.82 Å². The lowest BCUT2D eigenvalue weighted by molar-refractivity contribution is -0.605. The molecular formula is C18H19ClN6O2. The monoisotopic (exact) mass is 386 g/mol. The van der Waals surface area contributed by atoms with Crippen LogP contribution in [0.15, 0.2) is 31.0 Å². The summed E-state index contributed by atoms with van der Waals surface area (Å²) in [4.78, 5) is 26.6. The molecule has 0 saturated carbocycles. The standard InChI is InChI=1S/C18H19ClN6O2/c1-11-8-20-16-15(11)17(22-10-21-16)24-5-2-12(3-6-24)23-18(26)13-4-7-25(27)9-14(13)19/h4,7-10,12H,2-3,5-6H2,1H3,(H,23,26)(H,20,21,22). The van der Waals surface area contributed by atoms with E-state index in [1.54, 1.807) is 6.33 Å². The van der Waals surface area contributed by atoms with Gasteiger partial charge >= 0.3 is 0 Å². The lowest BCUT2D eigenvalue weighted by atomic mass is 10.0. The summed E-state index contributed by atoms with van der Waals surface area (Å²) in [6.45, 7) is 3.60. The smallest absolute Gasteiger partial charge is 0.253 e. The fourth-order valence-corrected chi connectivity index (χ4v) is 3.72. The molecule has 0 atom stereocenters. The number of nitrogens with one attached hydrogen (secondary N) is 2. The van der Waals surface area contributed by atoms with Crippen LogP contribution in [-0.2, 0) is 0 Å². The van der Waals surface area contributed by atoms with Crippen LogP contribution in [-0.4, -0.2) is 40.0 Å². The van der Waals surface area contributed by atoms with Crippen molar-refractivity contribution in [3.63, 3.8) is 0 Å². The molecule has 3 aromatic heterocycles. The molecule has 8 nitrogen and oxygen atoms in total. The van der Waals surface area contributed by atoms with Gasteiger partial charge in [-0.15, -0.1) is 0 Å². The molecule has 0 spiro atoms. The highest BCUT2D eigenvalue weighted by Crippen LogP contribution is 2.28. The largest absolute Gasteiger partial charge is 0.619 e. The number of rotatable bonds is 3. The molecule has 1 aliphatic rings. The summed E-state index contributed by atoms with van der Waals surface area (Å²) in [5.74, 6) is 0.666. The van der Waals surface area contributed by atoms with Crippen molar-refractivity contribution in [1.82, 2.24) is 20.3 Å². The van der Waals surface area contributed by atoms with Crippen LogP contribution in [0.25, 0.3) is 11.0 Å². The third-order valence-electron chi connectivity index (χ3n) is 4.91. The summed E-state index contributed by atoms with van der Waals surface area (Å²) >= 11 is 6.00. The molecule has 1 saturated heterocycles. The highest BCUT2D eigenvalue weighted by Gasteiger charge is 2.25. The summed E-state index contributed by atoms with van der Waals surface area (Å²) < 4.78 is 0.572. The first-order valence-electron chi connectivity index (χ1n) is 8.75. The second kappa shape index (κ2) is 7.03. The van der Waals surface area contributed by atoms with Gasteiger partial charge in [0.2, 0.25) is 0 Å². The van der Waals surface area contributed by atoms with Crippen molar-refractivity contribution < 1.29 is 9.52 Å². The van der Waals surface area contributed by atoms with Crippen LogP contribution < -0.4 is 14.9 Å². The van der Waals surface area contributed by atoms with Crippen molar-refractivity contribution >= 4 is 34.4 Å². The molecular weight excluding hydrogens is 368 g/mol. The van der Waals surface area contributed by atoms with Crippen molar-refractivity contribution in [3.05, 3.63) is 52.3 Å². The zero-order valence-electron chi connectivity index (χ0n) is 14.8. The molecule has 4 rings (SSSR count). The van der Waals surface area contributed by atoms with E-state index in [1.807, 2.05) is 13.1 Å². The van der Waals surface area contributed by atoms with E-state index >= 15 is 0 Å². The number of aromatic nitrogens is 4. The summed E-state index contributed by atoms with van der Waals surface area (Å²) in [6, 6.07) is 1.49. The third-order valence-corrected chi connectivity index (χ3v) is 5.21. The average Bonchev–Trinajstić information content (AvgIpc) is 3.04. The van der Waals surface area contributed by atoms with Gasteiger partial charge in [-0.2, -0.15) is 4.73 Å². The van der Waals surface area contributed by atoms with Crippen molar-refractivity contribution in [1.29, 1.82) is 0 Å². The first-order chi connectivity index (χ1) is 13.0. The molecule has 9 heteroatoms. The van der Waals surface area contributed by atoms with Crippen LogP contribution in [0.2, 0.25) is 5.02 Å². The zero-order chi connectivity index (χ0) is 19.0. The normalized spacial score (nSPS) is 15.3. The van der Waals surface area contributed by atoms with E-state index in [0.29, 0.717) is 10.3 Å². The first kappa shape index (κ1) is 17.5. The number of halogens is 1. The fraction of sp³-hybridized carbons (Fsp3) is 0.333. The average molecular weight is 387 g/mol. The predicted molar refractivity (Wildman–Crippen MR) is 102 cm³/mol. The molecule has 2 N–H and O–H groups in total. The van der Waals surface area contributed by atoms with Crippen molar-refractivity contribution in [3.8, 4) is 0 Å². The Balaban J connectivity index is 1.43. The van der Waals surface area contributed by atoms with Crippen LogP contribution in [0, 0.1) is 12.1 Å². The number of aromatic amines is 1. The molecule has 27 heavy (non-hydrogen) atoms. The Hall–Kier alpha value is -2.87. The number of aryl methyl sites for hydroxylation is 1. The quantitative estimate of drug-likeness (QED) is 0.529. The van der Waals surface area contributed by atoms with E-state index in [9.17, 15) is 10.0 Å². The maximum Gasteiger partial charge on any atom is 0.253 e. The maximum absolute atomic E-state index is 12.4. The van der Waals surface area contributed by atoms with Gasteiger partial charge in [0.25, 0.3) is 5.91 Å². The minimum Gasteiger partial charge on any atom is -0.619 e. The minimum atomic E-state index is -0.259. The van der Waals surface area contributed by atoms with Crippen LogP contribution in [0.3, 0.4) is 0 Å². The number of H-pyrrole nitrogens is 1. The Bertz CT molecular complexity index is 997. The van der Waals surface area contributed by atoms with Gasteiger partial charge in [-0.05, 0) is 25.3 Å². The molecule has 0 radical (unpaired) electrons.